The SMILES string of the molecule is CC(CCO)CNC(=O)c1coc(Br)c1. The minimum Gasteiger partial charge on any atom is -0.457 e. The molecule has 1 aromatic rings. The van der Waals surface area contributed by atoms with Gasteiger partial charge in [-0.05, 0) is 28.3 Å². The maximum atomic E-state index is 11.5. The molecule has 5 heteroatoms. The fourth-order valence-corrected chi connectivity index (χ4v) is 1.46. The lowest BCUT2D eigenvalue weighted by Crippen LogP contribution is -2.28. The van der Waals surface area contributed by atoms with Crippen LogP contribution >= 0.6 is 15.9 Å². The highest BCUT2D eigenvalue weighted by molar-refractivity contribution is 9.10. The molecule has 2 N–H and O–H groups in total. The van der Waals surface area contributed by atoms with Crippen LogP contribution in [0.25, 0.3) is 0 Å². The Hall–Kier alpha value is -0.810. The van der Waals surface area contributed by atoms with E-state index in [1.54, 1.807) is 6.07 Å². The van der Waals surface area contributed by atoms with E-state index in [0.29, 0.717) is 23.2 Å². The molecule has 1 atom stereocenters. The lowest BCUT2D eigenvalue weighted by atomic mass is 10.1. The van der Waals surface area contributed by atoms with Gasteiger partial charge < -0.3 is 14.8 Å². The van der Waals surface area contributed by atoms with E-state index in [2.05, 4.69) is 21.2 Å². The molecule has 0 aromatic carbocycles. The Morgan fingerprint density at radius 3 is 3.00 bits per heavy atom. The summed E-state index contributed by atoms with van der Waals surface area (Å²) in [6.07, 6.45) is 2.09. The van der Waals surface area contributed by atoms with Gasteiger partial charge in [0.05, 0.1) is 5.56 Å². The number of amides is 1. The molecule has 0 aliphatic rings. The number of carbonyl (C=O) groups is 1. The Bertz CT molecular complexity index is 324. The molecule has 15 heavy (non-hydrogen) atoms. The zero-order chi connectivity index (χ0) is 11.3. The highest BCUT2D eigenvalue weighted by Gasteiger charge is 2.10. The second-order valence-electron chi connectivity index (χ2n) is 3.47. The zero-order valence-electron chi connectivity index (χ0n) is 8.50. The molecule has 0 fully saturated rings. The number of rotatable bonds is 5. The largest absolute Gasteiger partial charge is 0.457 e. The van der Waals surface area contributed by atoms with E-state index in [4.69, 9.17) is 9.52 Å². The highest BCUT2D eigenvalue weighted by atomic mass is 79.9. The van der Waals surface area contributed by atoms with Crippen molar-refractivity contribution >= 4 is 21.8 Å². The fraction of sp³-hybridized carbons (Fsp3) is 0.500. The third-order valence-corrected chi connectivity index (χ3v) is 2.48. The van der Waals surface area contributed by atoms with E-state index in [1.807, 2.05) is 6.92 Å². The van der Waals surface area contributed by atoms with Gasteiger partial charge in [-0.1, -0.05) is 6.92 Å². The molecule has 84 valence electrons. The molecule has 0 radical (unpaired) electrons. The first-order chi connectivity index (χ1) is 7.13. The molecule has 0 saturated carbocycles. The Morgan fingerprint density at radius 2 is 2.47 bits per heavy atom. The molecule has 1 amide bonds. The maximum absolute atomic E-state index is 11.5. The van der Waals surface area contributed by atoms with Crippen LogP contribution in [0.15, 0.2) is 21.4 Å². The van der Waals surface area contributed by atoms with Crippen LogP contribution < -0.4 is 5.32 Å². The Labute approximate surface area is 96.8 Å². The van der Waals surface area contributed by atoms with E-state index >= 15 is 0 Å². The number of hydrogen-bond donors (Lipinski definition) is 2. The molecular weight excluding hydrogens is 262 g/mol. The van der Waals surface area contributed by atoms with Gasteiger partial charge in [-0.2, -0.15) is 0 Å². The second kappa shape index (κ2) is 5.92. The van der Waals surface area contributed by atoms with Crippen molar-refractivity contribution in [3.8, 4) is 0 Å². The Balaban J connectivity index is 2.36. The highest BCUT2D eigenvalue weighted by Crippen LogP contribution is 2.13. The number of aliphatic hydroxyl groups is 1. The number of halogens is 1. The fourth-order valence-electron chi connectivity index (χ4n) is 1.12. The number of aliphatic hydroxyl groups excluding tert-OH is 1. The van der Waals surface area contributed by atoms with Crippen molar-refractivity contribution in [2.45, 2.75) is 13.3 Å². The smallest absolute Gasteiger partial charge is 0.254 e. The number of nitrogens with one attached hydrogen (secondary N) is 1. The average Bonchev–Trinajstić information content (AvgIpc) is 2.62. The van der Waals surface area contributed by atoms with Crippen molar-refractivity contribution in [2.24, 2.45) is 5.92 Å². The molecule has 0 saturated heterocycles. The van der Waals surface area contributed by atoms with Gasteiger partial charge in [0.25, 0.3) is 5.91 Å². The summed E-state index contributed by atoms with van der Waals surface area (Å²) < 4.78 is 5.49. The van der Waals surface area contributed by atoms with Crippen molar-refractivity contribution < 1.29 is 14.3 Å². The molecule has 1 aromatic heterocycles. The zero-order valence-corrected chi connectivity index (χ0v) is 10.1. The van der Waals surface area contributed by atoms with Gasteiger partial charge in [0.2, 0.25) is 0 Å². The van der Waals surface area contributed by atoms with Crippen LogP contribution in [0.3, 0.4) is 0 Å². The summed E-state index contributed by atoms with van der Waals surface area (Å²) in [4.78, 5) is 11.5. The van der Waals surface area contributed by atoms with Crippen LogP contribution in [-0.4, -0.2) is 24.2 Å². The van der Waals surface area contributed by atoms with Crippen molar-refractivity contribution in [1.29, 1.82) is 0 Å². The quantitative estimate of drug-likeness (QED) is 0.861. The summed E-state index contributed by atoms with van der Waals surface area (Å²) in [5.74, 6) is 0.114. The molecule has 0 aliphatic carbocycles. The average molecular weight is 276 g/mol. The van der Waals surface area contributed by atoms with Crippen LogP contribution in [-0.2, 0) is 0 Å². The van der Waals surface area contributed by atoms with Crippen molar-refractivity contribution in [1.82, 2.24) is 5.32 Å². The maximum Gasteiger partial charge on any atom is 0.254 e. The van der Waals surface area contributed by atoms with Crippen LogP contribution in [0.2, 0.25) is 0 Å². The minimum absolute atomic E-state index is 0.147. The summed E-state index contributed by atoms with van der Waals surface area (Å²) in [7, 11) is 0. The first-order valence-corrected chi connectivity index (χ1v) is 5.56. The normalized spacial score (nSPS) is 12.5. The van der Waals surface area contributed by atoms with Crippen molar-refractivity contribution in [3.63, 3.8) is 0 Å². The van der Waals surface area contributed by atoms with Gasteiger partial charge in [-0.15, -0.1) is 0 Å². The number of furan rings is 1. The van der Waals surface area contributed by atoms with Crippen LogP contribution in [0.5, 0.6) is 0 Å². The summed E-state index contributed by atoms with van der Waals surface area (Å²) >= 11 is 3.13. The van der Waals surface area contributed by atoms with Gasteiger partial charge >= 0.3 is 0 Å². The summed E-state index contributed by atoms with van der Waals surface area (Å²) in [6, 6.07) is 1.62. The van der Waals surface area contributed by atoms with E-state index < -0.39 is 0 Å². The topological polar surface area (TPSA) is 62.5 Å². The standard InChI is InChI=1S/C10H14BrNO3/c1-7(2-3-13)5-12-10(14)8-4-9(11)15-6-8/h4,6-7,13H,2-3,5H2,1H3,(H,12,14). The molecule has 0 spiro atoms. The lowest BCUT2D eigenvalue weighted by Gasteiger charge is -2.09. The summed E-state index contributed by atoms with van der Waals surface area (Å²) in [5.41, 5.74) is 0.498. The molecule has 0 bridgehead atoms. The number of hydrogen-bond acceptors (Lipinski definition) is 3. The lowest BCUT2D eigenvalue weighted by molar-refractivity contribution is 0.0945. The predicted molar refractivity (Wildman–Crippen MR) is 59.6 cm³/mol. The van der Waals surface area contributed by atoms with Crippen LogP contribution in [0.4, 0.5) is 0 Å². The Kier molecular flexibility index (Phi) is 4.84. The predicted octanol–water partition coefficient (Wildman–Crippen LogP) is 1.79. The molecule has 0 aliphatic heterocycles. The van der Waals surface area contributed by atoms with E-state index in [1.165, 1.54) is 6.26 Å². The van der Waals surface area contributed by atoms with Gasteiger partial charge in [0, 0.05) is 19.2 Å². The second-order valence-corrected chi connectivity index (χ2v) is 4.25. The third kappa shape index (κ3) is 4.05. The van der Waals surface area contributed by atoms with E-state index in [0.717, 1.165) is 0 Å². The summed E-state index contributed by atoms with van der Waals surface area (Å²) in [6.45, 7) is 2.68. The van der Waals surface area contributed by atoms with Gasteiger partial charge in [0.1, 0.15) is 6.26 Å². The van der Waals surface area contributed by atoms with E-state index in [-0.39, 0.29) is 18.4 Å². The van der Waals surface area contributed by atoms with Gasteiger partial charge in [0.15, 0.2) is 4.67 Å². The van der Waals surface area contributed by atoms with E-state index in [9.17, 15) is 4.79 Å². The van der Waals surface area contributed by atoms with Crippen LogP contribution in [0.1, 0.15) is 23.7 Å². The van der Waals surface area contributed by atoms with Crippen molar-refractivity contribution in [2.75, 3.05) is 13.2 Å². The molecule has 1 heterocycles. The Morgan fingerprint density at radius 1 is 1.73 bits per heavy atom. The van der Waals surface area contributed by atoms with Crippen LogP contribution in [0, 0.1) is 5.92 Å². The van der Waals surface area contributed by atoms with Gasteiger partial charge in [-0.3, -0.25) is 4.79 Å². The summed E-state index contributed by atoms with van der Waals surface area (Å²) in [5, 5.41) is 11.5. The first kappa shape index (κ1) is 12.3. The molecule has 1 rings (SSSR count). The monoisotopic (exact) mass is 275 g/mol. The minimum atomic E-state index is -0.158. The third-order valence-electron chi connectivity index (χ3n) is 2.06. The first-order valence-electron chi connectivity index (χ1n) is 4.76. The number of carbonyl (C=O) groups excluding carboxylic acids is 1. The molecule has 4 nitrogen and oxygen atoms in total. The van der Waals surface area contributed by atoms with Crippen molar-refractivity contribution in [3.05, 3.63) is 22.6 Å². The molecular formula is C10H14BrNO3. The molecule has 1 unspecified atom stereocenters. The van der Waals surface area contributed by atoms with Gasteiger partial charge in [-0.25, -0.2) is 0 Å².